The van der Waals surface area contributed by atoms with Crippen LogP contribution in [0.3, 0.4) is 0 Å². The van der Waals surface area contributed by atoms with E-state index < -0.39 is 10.0 Å². The summed E-state index contributed by atoms with van der Waals surface area (Å²) in [6, 6.07) is 5.03. The van der Waals surface area contributed by atoms with Crippen molar-refractivity contribution in [3.63, 3.8) is 0 Å². The predicted molar refractivity (Wildman–Crippen MR) is 83.2 cm³/mol. The fraction of sp³-hybridized carbons (Fsp3) is 0.538. The number of nitrogens with zero attached hydrogens (tertiary/aromatic N) is 1. The summed E-state index contributed by atoms with van der Waals surface area (Å²) in [6.45, 7) is 0. The maximum Gasteiger partial charge on any atom is 0.246 e. The van der Waals surface area contributed by atoms with E-state index in [-0.39, 0.29) is 10.9 Å². The molecule has 0 saturated carbocycles. The van der Waals surface area contributed by atoms with E-state index in [4.69, 9.17) is 16.3 Å². The lowest BCUT2D eigenvalue weighted by Gasteiger charge is -2.24. The van der Waals surface area contributed by atoms with E-state index in [2.05, 4.69) is 0 Å². The lowest BCUT2D eigenvalue weighted by Crippen LogP contribution is -2.37. The van der Waals surface area contributed by atoms with Crippen LogP contribution in [0.15, 0.2) is 23.1 Å². The third-order valence-electron chi connectivity index (χ3n) is 3.46. The molecular weight excluding hydrogens is 318 g/mol. The first-order valence-electron chi connectivity index (χ1n) is 6.29. The molecule has 0 spiro atoms. The lowest BCUT2D eigenvalue weighted by atomic mass is 10.2. The number of rotatable bonds is 5. The molecular formula is C13H18ClNO3S2. The van der Waals surface area contributed by atoms with Crippen LogP contribution in [-0.4, -0.2) is 44.4 Å². The van der Waals surface area contributed by atoms with Crippen LogP contribution in [0.2, 0.25) is 0 Å². The second kappa shape index (κ2) is 6.56. The molecule has 0 bridgehead atoms. The van der Waals surface area contributed by atoms with Crippen LogP contribution in [0.1, 0.15) is 12.0 Å². The Morgan fingerprint density at radius 1 is 1.50 bits per heavy atom. The maximum absolute atomic E-state index is 12.7. The van der Waals surface area contributed by atoms with E-state index >= 15 is 0 Å². The molecule has 1 fully saturated rings. The van der Waals surface area contributed by atoms with Crippen molar-refractivity contribution in [1.29, 1.82) is 0 Å². The standard InChI is InChI=1S/C13H18ClNO3S2/c1-15(11-5-6-19-9-11)20(16,17)13-4-3-10(8-14)7-12(13)18-2/h3-4,7,11H,5-6,8-9H2,1-2H3. The zero-order valence-corrected chi connectivity index (χ0v) is 13.9. The number of ether oxygens (including phenoxy) is 1. The van der Waals surface area contributed by atoms with Crippen LogP contribution in [0.4, 0.5) is 0 Å². The summed E-state index contributed by atoms with van der Waals surface area (Å²) >= 11 is 7.55. The summed E-state index contributed by atoms with van der Waals surface area (Å²) in [5, 5.41) is 0. The van der Waals surface area contributed by atoms with Crippen LogP contribution in [0.5, 0.6) is 5.75 Å². The highest BCUT2D eigenvalue weighted by molar-refractivity contribution is 7.99. The van der Waals surface area contributed by atoms with Gasteiger partial charge in [0.2, 0.25) is 10.0 Å². The number of sulfonamides is 1. The largest absolute Gasteiger partial charge is 0.495 e. The summed E-state index contributed by atoms with van der Waals surface area (Å²) in [5.41, 5.74) is 0.835. The normalized spacial score (nSPS) is 19.5. The summed E-state index contributed by atoms with van der Waals surface area (Å²) < 4.78 is 32.1. The Morgan fingerprint density at radius 2 is 2.25 bits per heavy atom. The van der Waals surface area contributed by atoms with Gasteiger partial charge < -0.3 is 4.74 Å². The zero-order valence-electron chi connectivity index (χ0n) is 11.5. The molecule has 0 radical (unpaired) electrons. The fourth-order valence-electron chi connectivity index (χ4n) is 2.17. The monoisotopic (exact) mass is 335 g/mol. The molecule has 1 unspecified atom stereocenters. The van der Waals surface area contributed by atoms with Gasteiger partial charge in [0.1, 0.15) is 10.6 Å². The molecule has 20 heavy (non-hydrogen) atoms. The number of thioether (sulfide) groups is 1. The fourth-order valence-corrected chi connectivity index (χ4v) is 5.22. The predicted octanol–water partition coefficient (Wildman–Crippen LogP) is 2.56. The number of hydrogen-bond acceptors (Lipinski definition) is 4. The lowest BCUT2D eigenvalue weighted by molar-refractivity contribution is 0.380. The Balaban J connectivity index is 2.37. The minimum absolute atomic E-state index is 0.0578. The first kappa shape index (κ1) is 15.9. The Labute approximate surface area is 129 Å². The highest BCUT2D eigenvalue weighted by atomic mass is 35.5. The minimum Gasteiger partial charge on any atom is -0.495 e. The quantitative estimate of drug-likeness (QED) is 0.776. The SMILES string of the molecule is COc1cc(CCl)ccc1S(=O)(=O)N(C)C1CCSC1. The molecule has 0 aliphatic carbocycles. The zero-order chi connectivity index (χ0) is 14.8. The molecule has 7 heteroatoms. The summed E-state index contributed by atoms with van der Waals surface area (Å²) in [6.07, 6.45) is 0.891. The Hall–Kier alpha value is -0.430. The van der Waals surface area contributed by atoms with Crippen LogP contribution < -0.4 is 4.74 Å². The second-order valence-electron chi connectivity index (χ2n) is 4.66. The smallest absolute Gasteiger partial charge is 0.246 e. The number of methoxy groups -OCH3 is 1. The average molecular weight is 336 g/mol. The first-order valence-corrected chi connectivity index (χ1v) is 9.42. The molecule has 0 aromatic heterocycles. The van der Waals surface area contributed by atoms with Crippen molar-refractivity contribution in [2.75, 3.05) is 25.7 Å². The molecule has 1 atom stereocenters. The van der Waals surface area contributed by atoms with Gasteiger partial charge in [-0.05, 0) is 29.9 Å². The number of hydrogen-bond donors (Lipinski definition) is 0. The van der Waals surface area contributed by atoms with Gasteiger partial charge in [-0.15, -0.1) is 11.6 Å². The van der Waals surface area contributed by atoms with E-state index in [1.807, 2.05) is 0 Å². The van der Waals surface area contributed by atoms with E-state index in [9.17, 15) is 8.42 Å². The molecule has 1 aliphatic heterocycles. The van der Waals surface area contributed by atoms with Crippen molar-refractivity contribution in [2.45, 2.75) is 23.2 Å². The van der Waals surface area contributed by atoms with Crippen molar-refractivity contribution in [3.8, 4) is 5.75 Å². The van der Waals surface area contributed by atoms with Crippen molar-refractivity contribution >= 4 is 33.4 Å². The van der Waals surface area contributed by atoms with Gasteiger partial charge in [-0.3, -0.25) is 0 Å². The molecule has 1 heterocycles. The van der Waals surface area contributed by atoms with Crippen LogP contribution in [0, 0.1) is 0 Å². The number of alkyl halides is 1. The van der Waals surface area contributed by atoms with Crippen molar-refractivity contribution in [3.05, 3.63) is 23.8 Å². The van der Waals surface area contributed by atoms with E-state index in [1.165, 1.54) is 11.4 Å². The van der Waals surface area contributed by atoms with E-state index in [1.54, 1.807) is 37.0 Å². The van der Waals surface area contributed by atoms with Crippen LogP contribution in [0.25, 0.3) is 0 Å². The molecule has 1 aliphatic rings. The van der Waals surface area contributed by atoms with Gasteiger partial charge in [-0.2, -0.15) is 16.1 Å². The molecule has 1 saturated heterocycles. The summed E-state index contributed by atoms with van der Waals surface area (Å²) in [4.78, 5) is 0.202. The minimum atomic E-state index is -3.54. The number of benzene rings is 1. The summed E-state index contributed by atoms with van der Waals surface area (Å²) in [5.74, 6) is 2.52. The van der Waals surface area contributed by atoms with Crippen LogP contribution in [-0.2, 0) is 15.9 Å². The first-order chi connectivity index (χ1) is 9.50. The molecule has 1 aromatic carbocycles. The summed E-state index contributed by atoms with van der Waals surface area (Å²) in [7, 11) is -0.429. The number of halogens is 1. The Bertz CT molecular complexity index is 571. The highest BCUT2D eigenvalue weighted by Crippen LogP contribution is 2.31. The van der Waals surface area contributed by atoms with Crippen molar-refractivity contribution in [1.82, 2.24) is 4.31 Å². The van der Waals surface area contributed by atoms with Crippen molar-refractivity contribution in [2.24, 2.45) is 0 Å². The molecule has 1 aromatic rings. The Kier molecular flexibility index (Phi) is 5.23. The van der Waals surface area contributed by atoms with Gasteiger partial charge in [0.15, 0.2) is 0 Å². The van der Waals surface area contributed by atoms with E-state index in [0.29, 0.717) is 11.6 Å². The van der Waals surface area contributed by atoms with Gasteiger partial charge >= 0.3 is 0 Å². The average Bonchev–Trinajstić information content (AvgIpc) is 2.99. The van der Waals surface area contributed by atoms with Gasteiger partial charge in [-0.25, -0.2) is 8.42 Å². The van der Waals surface area contributed by atoms with Crippen molar-refractivity contribution < 1.29 is 13.2 Å². The van der Waals surface area contributed by atoms with Gasteiger partial charge in [0.25, 0.3) is 0 Å². The molecule has 0 amide bonds. The van der Waals surface area contributed by atoms with Gasteiger partial charge in [0, 0.05) is 24.7 Å². The highest BCUT2D eigenvalue weighted by Gasteiger charge is 2.32. The third-order valence-corrected chi connectivity index (χ3v) is 6.86. The second-order valence-corrected chi connectivity index (χ2v) is 8.04. The molecule has 4 nitrogen and oxygen atoms in total. The Morgan fingerprint density at radius 3 is 2.80 bits per heavy atom. The molecule has 112 valence electrons. The van der Waals surface area contributed by atoms with Crippen LogP contribution >= 0.6 is 23.4 Å². The molecule has 0 N–H and O–H groups in total. The molecule has 2 rings (SSSR count). The van der Waals surface area contributed by atoms with Gasteiger partial charge in [0.05, 0.1) is 7.11 Å². The third kappa shape index (κ3) is 3.08. The van der Waals surface area contributed by atoms with Gasteiger partial charge in [-0.1, -0.05) is 6.07 Å². The maximum atomic E-state index is 12.7. The van der Waals surface area contributed by atoms with E-state index in [0.717, 1.165) is 23.5 Å². The topological polar surface area (TPSA) is 46.6 Å².